The molecule has 1 aliphatic carbocycles. The van der Waals surface area contributed by atoms with Crippen molar-refractivity contribution >= 4 is 0 Å². The first-order valence-corrected chi connectivity index (χ1v) is 5.31. The number of aryl methyl sites for hydroxylation is 1. The maximum Gasteiger partial charge on any atom is 0.0421 e. The quantitative estimate of drug-likeness (QED) is 0.759. The summed E-state index contributed by atoms with van der Waals surface area (Å²) >= 11 is 0. The lowest BCUT2D eigenvalue weighted by atomic mass is 10.1. The molecule has 1 saturated carbocycles. The van der Waals surface area contributed by atoms with E-state index in [9.17, 15) is 0 Å². The zero-order valence-electron chi connectivity index (χ0n) is 8.66. The van der Waals surface area contributed by atoms with Crippen molar-refractivity contribution in [1.29, 1.82) is 0 Å². The third-order valence-electron chi connectivity index (χ3n) is 2.67. The van der Waals surface area contributed by atoms with Crippen molar-refractivity contribution in [3.8, 4) is 0 Å². The van der Waals surface area contributed by atoms with Gasteiger partial charge in [0.15, 0.2) is 0 Å². The minimum absolute atomic E-state index is 0.135. The molecule has 1 aromatic carbocycles. The highest BCUT2D eigenvalue weighted by Gasteiger charge is 2.21. The fraction of sp³-hybridized carbons (Fsp3) is 0.500. The first-order chi connectivity index (χ1) is 6.75. The molecule has 0 spiro atoms. The van der Waals surface area contributed by atoms with Gasteiger partial charge in [-0.25, -0.2) is 0 Å². The number of benzene rings is 1. The van der Waals surface area contributed by atoms with E-state index in [4.69, 9.17) is 5.73 Å². The molecule has 2 heteroatoms. The summed E-state index contributed by atoms with van der Waals surface area (Å²) in [6.45, 7) is 3.00. The normalized spacial score (nSPS) is 18.1. The van der Waals surface area contributed by atoms with E-state index in [0.717, 1.165) is 12.6 Å². The van der Waals surface area contributed by atoms with Crippen LogP contribution in [-0.2, 0) is 0 Å². The van der Waals surface area contributed by atoms with E-state index in [2.05, 4.69) is 36.5 Å². The second kappa shape index (κ2) is 4.11. The number of nitrogens with two attached hydrogens (primary N) is 1. The molecule has 0 heterocycles. The van der Waals surface area contributed by atoms with Gasteiger partial charge in [0.25, 0.3) is 0 Å². The van der Waals surface area contributed by atoms with Gasteiger partial charge in [-0.2, -0.15) is 0 Å². The minimum Gasteiger partial charge on any atom is -0.323 e. The van der Waals surface area contributed by atoms with E-state index in [0.29, 0.717) is 0 Å². The molecular weight excluding hydrogens is 172 g/mol. The van der Waals surface area contributed by atoms with Crippen LogP contribution in [0, 0.1) is 6.92 Å². The van der Waals surface area contributed by atoms with Crippen molar-refractivity contribution < 1.29 is 0 Å². The summed E-state index contributed by atoms with van der Waals surface area (Å²) in [7, 11) is 0. The van der Waals surface area contributed by atoms with Crippen molar-refractivity contribution in [2.75, 3.05) is 6.54 Å². The van der Waals surface area contributed by atoms with Crippen LogP contribution in [0.4, 0.5) is 0 Å². The van der Waals surface area contributed by atoms with E-state index in [1.165, 1.54) is 24.0 Å². The SMILES string of the molecule is Cc1cccc(C(N)CNC2CC2)c1. The fourth-order valence-electron chi connectivity index (χ4n) is 1.60. The summed E-state index contributed by atoms with van der Waals surface area (Å²) in [5.74, 6) is 0. The average molecular weight is 190 g/mol. The van der Waals surface area contributed by atoms with Gasteiger partial charge in [-0.15, -0.1) is 0 Å². The Bertz CT molecular complexity index is 305. The molecule has 1 aliphatic rings. The lowest BCUT2D eigenvalue weighted by molar-refractivity contribution is 0.595. The summed E-state index contributed by atoms with van der Waals surface area (Å²) in [5, 5.41) is 3.45. The summed E-state index contributed by atoms with van der Waals surface area (Å²) in [5.41, 5.74) is 8.59. The van der Waals surface area contributed by atoms with Gasteiger partial charge in [0, 0.05) is 18.6 Å². The molecule has 1 unspecified atom stereocenters. The molecule has 0 bridgehead atoms. The van der Waals surface area contributed by atoms with Gasteiger partial charge >= 0.3 is 0 Å². The molecule has 76 valence electrons. The van der Waals surface area contributed by atoms with Crippen LogP contribution in [0.15, 0.2) is 24.3 Å². The third-order valence-corrected chi connectivity index (χ3v) is 2.67. The van der Waals surface area contributed by atoms with E-state index in [1.54, 1.807) is 0 Å². The van der Waals surface area contributed by atoms with Crippen molar-refractivity contribution in [3.63, 3.8) is 0 Å². The molecule has 0 aromatic heterocycles. The zero-order chi connectivity index (χ0) is 9.97. The number of hydrogen-bond donors (Lipinski definition) is 2. The summed E-state index contributed by atoms with van der Waals surface area (Å²) in [6, 6.07) is 9.32. The molecule has 3 N–H and O–H groups in total. The Kier molecular flexibility index (Phi) is 2.85. The van der Waals surface area contributed by atoms with E-state index in [1.807, 2.05) is 0 Å². The molecule has 0 saturated heterocycles. The second-order valence-electron chi connectivity index (χ2n) is 4.20. The molecule has 1 atom stereocenters. The minimum atomic E-state index is 0.135. The Hall–Kier alpha value is -0.860. The second-order valence-corrected chi connectivity index (χ2v) is 4.20. The van der Waals surface area contributed by atoms with Crippen LogP contribution in [0.25, 0.3) is 0 Å². The number of rotatable bonds is 4. The van der Waals surface area contributed by atoms with Crippen LogP contribution in [0.3, 0.4) is 0 Å². The number of nitrogens with one attached hydrogen (secondary N) is 1. The fourth-order valence-corrected chi connectivity index (χ4v) is 1.60. The monoisotopic (exact) mass is 190 g/mol. The Morgan fingerprint density at radius 1 is 1.50 bits per heavy atom. The maximum atomic E-state index is 6.08. The predicted molar refractivity (Wildman–Crippen MR) is 59.1 cm³/mol. The lowest BCUT2D eigenvalue weighted by Gasteiger charge is -2.13. The van der Waals surface area contributed by atoms with Crippen molar-refractivity contribution in [2.45, 2.75) is 31.8 Å². The Morgan fingerprint density at radius 2 is 2.29 bits per heavy atom. The lowest BCUT2D eigenvalue weighted by Crippen LogP contribution is -2.28. The van der Waals surface area contributed by atoms with Gasteiger partial charge in [-0.1, -0.05) is 29.8 Å². The van der Waals surface area contributed by atoms with E-state index >= 15 is 0 Å². The standard InChI is InChI=1S/C12H18N2/c1-9-3-2-4-10(7-9)12(13)8-14-11-5-6-11/h2-4,7,11-12,14H,5-6,8,13H2,1H3. The van der Waals surface area contributed by atoms with Gasteiger partial charge in [0.05, 0.1) is 0 Å². The molecule has 1 aromatic rings. The molecule has 1 fully saturated rings. The highest BCUT2D eigenvalue weighted by Crippen LogP contribution is 2.19. The summed E-state index contributed by atoms with van der Waals surface area (Å²) in [6.07, 6.45) is 2.64. The molecular formula is C12H18N2. The smallest absolute Gasteiger partial charge is 0.0421 e. The first-order valence-electron chi connectivity index (χ1n) is 5.31. The topological polar surface area (TPSA) is 38.0 Å². The number of hydrogen-bond acceptors (Lipinski definition) is 2. The molecule has 2 rings (SSSR count). The Morgan fingerprint density at radius 3 is 2.93 bits per heavy atom. The van der Waals surface area contributed by atoms with Gasteiger partial charge in [0.2, 0.25) is 0 Å². The van der Waals surface area contributed by atoms with E-state index < -0.39 is 0 Å². The highest BCUT2D eigenvalue weighted by atomic mass is 15.0. The molecule has 0 amide bonds. The van der Waals surface area contributed by atoms with Crippen molar-refractivity contribution in [1.82, 2.24) is 5.32 Å². The Labute approximate surface area is 85.5 Å². The Balaban J connectivity index is 1.91. The maximum absolute atomic E-state index is 6.08. The molecule has 0 radical (unpaired) electrons. The van der Waals surface area contributed by atoms with Crippen molar-refractivity contribution in [3.05, 3.63) is 35.4 Å². The van der Waals surface area contributed by atoms with Gasteiger partial charge in [-0.3, -0.25) is 0 Å². The zero-order valence-corrected chi connectivity index (χ0v) is 8.66. The first kappa shape index (κ1) is 9.69. The van der Waals surface area contributed by atoms with Gasteiger partial charge in [-0.05, 0) is 25.3 Å². The van der Waals surface area contributed by atoms with Crippen LogP contribution >= 0.6 is 0 Å². The van der Waals surface area contributed by atoms with Crippen molar-refractivity contribution in [2.24, 2.45) is 5.73 Å². The molecule has 2 nitrogen and oxygen atoms in total. The van der Waals surface area contributed by atoms with Crippen LogP contribution < -0.4 is 11.1 Å². The average Bonchev–Trinajstić information content (AvgIpc) is 2.97. The predicted octanol–water partition coefficient (Wildman–Crippen LogP) is 1.75. The van der Waals surface area contributed by atoms with Gasteiger partial charge < -0.3 is 11.1 Å². The van der Waals surface area contributed by atoms with Crippen LogP contribution in [-0.4, -0.2) is 12.6 Å². The van der Waals surface area contributed by atoms with Crippen LogP contribution in [0.5, 0.6) is 0 Å². The van der Waals surface area contributed by atoms with Gasteiger partial charge in [0.1, 0.15) is 0 Å². The highest BCUT2D eigenvalue weighted by molar-refractivity contribution is 5.25. The third kappa shape index (κ3) is 2.56. The van der Waals surface area contributed by atoms with E-state index in [-0.39, 0.29) is 6.04 Å². The largest absolute Gasteiger partial charge is 0.323 e. The van der Waals surface area contributed by atoms with Crippen LogP contribution in [0.1, 0.15) is 30.0 Å². The summed E-state index contributed by atoms with van der Waals surface area (Å²) in [4.78, 5) is 0. The van der Waals surface area contributed by atoms with Crippen LogP contribution in [0.2, 0.25) is 0 Å². The molecule has 14 heavy (non-hydrogen) atoms. The molecule has 0 aliphatic heterocycles. The summed E-state index contributed by atoms with van der Waals surface area (Å²) < 4.78 is 0.